The zero-order valence-electron chi connectivity index (χ0n) is 6.69. The van der Waals surface area contributed by atoms with Crippen molar-refractivity contribution in [2.45, 2.75) is 20.3 Å². The number of rotatable bonds is 1. The Morgan fingerprint density at radius 3 is 3.00 bits per heavy atom. The predicted molar refractivity (Wildman–Crippen MR) is 48.6 cm³/mol. The van der Waals surface area contributed by atoms with Crippen molar-refractivity contribution in [1.29, 1.82) is 0 Å². The molecule has 1 aliphatic heterocycles. The molecule has 1 rings (SSSR count). The van der Waals surface area contributed by atoms with Crippen LogP contribution in [0.25, 0.3) is 0 Å². The largest absolute Gasteiger partial charge is 0.345 e. The van der Waals surface area contributed by atoms with Gasteiger partial charge in [-0.2, -0.15) is 4.51 Å². The molecule has 0 unspecified atom stereocenters. The molecule has 3 heteroatoms. The fourth-order valence-corrected chi connectivity index (χ4v) is 1.19. The van der Waals surface area contributed by atoms with Crippen LogP contribution in [0.3, 0.4) is 0 Å². The number of allylic oxidation sites excluding steroid dienone is 1. The lowest BCUT2D eigenvalue weighted by molar-refractivity contribution is 1.21. The van der Waals surface area contributed by atoms with E-state index in [1.165, 1.54) is 5.57 Å². The molecule has 0 aromatic rings. The maximum atomic E-state index is 5.35. The summed E-state index contributed by atoms with van der Waals surface area (Å²) in [6.45, 7) is 4.12. The molecule has 1 aliphatic rings. The van der Waals surface area contributed by atoms with E-state index in [1.54, 1.807) is 0 Å². The van der Waals surface area contributed by atoms with E-state index >= 15 is 0 Å². The zero-order valence-corrected chi connectivity index (χ0v) is 7.44. The van der Waals surface area contributed by atoms with Gasteiger partial charge in [0, 0.05) is 23.5 Å². The monoisotopic (exact) mass is 170 g/mol. The van der Waals surface area contributed by atoms with Gasteiger partial charge >= 0.3 is 0 Å². The molecule has 11 heavy (non-hydrogen) atoms. The van der Waals surface area contributed by atoms with Crippen LogP contribution >= 0.6 is 11.8 Å². The molecule has 0 aromatic heterocycles. The summed E-state index contributed by atoms with van der Waals surface area (Å²) in [6, 6.07) is 0. The highest BCUT2D eigenvalue weighted by Gasteiger charge is 2.13. The summed E-state index contributed by atoms with van der Waals surface area (Å²) in [5.74, 6) is 0.756. The number of hydrogen-bond acceptors (Lipinski definition) is 1. The Kier molecular flexibility index (Phi) is 2.71. The topological polar surface area (TPSA) is 24.4 Å². The average Bonchev–Trinajstić information content (AvgIpc) is 2.34. The predicted octanol–water partition coefficient (Wildman–Crippen LogP) is 2.38. The number of amidine groups is 1. The second kappa shape index (κ2) is 3.58. The highest BCUT2D eigenvalue weighted by molar-refractivity contribution is 6.23. The molecule has 0 aliphatic carbocycles. The Hall–Kier alpha value is -0.760. The molecule has 0 fully saturated rings. The number of hydrogen-bond donors (Lipinski definition) is 1. The van der Waals surface area contributed by atoms with Crippen molar-refractivity contribution in [2.75, 3.05) is 0 Å². The molecule has 2 nitrogen and oxygen atoms in total. The molecule has 0 saturated carbocycles. The van der Waals surface area contributed by atoms with Crippen LogP contribution in [0.5, 0.6) is 0 Å². The van der Waals surface area contributed by atoms with Crippen LogP contribution in [-0.4, -0.2) is 5.84 Å². The zero-order chi connectivity index (χ0) is 8.27. The molecule has 0 spiro atoms. The van der Waals surface area contributed by atoms with E-state index in [1.807, 2.05) is 13.1 Å². The summed E-state index contributed by atoms with van der Waals surface area (Å²) in [6.07, 6.45) is 5.01. The van der Waals surface area contributed by atoms with Gasteiger partial charge in [-0.25, -0.2) is 0 Å². The van der Waals surface area contributed by atoms with Gasteiger partial charge in [-0.1, -0.05) is 13.0 Å². The second-order valence-electron chi connectivity index (χ2n) is 2.43. The van der Waals surface area contributed by atoms with Crippen molar-refractivity contribution in [3.8, 4) is 0 Å². The number of nitrogens with one attached hydrogen (secondary N) is 1. The molecule has 0 saturated heterocycles. The molecule has 0 atom stereocenters. The van der Waals surface area contributed by atoms with E-state index in [9.17, 15) is 0 Å². The quantitative estimate of drug-likeness (QED) is 0.642. The summed E-state index contributed by atoms with van der Waals surface area (Å²) >= 11 is 5.35. The van der Waals surface area contributed by atoms with Gasteiger partial charge in [-0.15, -0.1) is 0 Å². The lowest BCUT2D eigenvalue weighted by Crippen LogP contribution is -2.11. The highest BCUT2D eigenvalue weighted by atomic mass is 35.5. The van der Waals surface area contributed by atoms with Crippen LogP contribution in [0.2, 0.25) is 0 Å². The van der Waals surface area contributed by atoms with Gasteiger partial charge in [-0.05, 0) is 18.9 Å². The molecule has 60 valence electrons. The molecular formula is C8H11ClN2. The molecular weight excluding hydrogens is 160 g/mol. The van der Waals surface area contributed by atoms with Crippen LogP contribution in [0.4, 0.5) is 0 Å². The lowest BCUT2D eigenvalue weighted by Gasteiger charge is -1.98. The van der Waals surface area contributed by atoms with E-state index < -0.39 is 0 Å². The fourth-order valence-electron chi connectivity index (χ4n) is 1.05. The van der Waals surface area contributed by atoms with Crippen molar-refractivity contribution in [1.82, 2.24) is 5.32 Å². The molecule has 0 amide bonds. The first kappa shape index (κ1) is 8.34. The maximum absolute atomic E-state index is 5.35. The van der Waals surface area contributed by atoms with Gasteiger partial charge in [0.2, 0.25) is 0 Å². The third-order valence-corrected chi connectivity index (χ3v) is 1.77. The Bertz CT molecular complexity index is 238. The van der Waals surface area contributed by atoms with Crippen molar-refractivity contribution in [3.63, 3.8) is 0 Å². The Balaban J connectivity index is 2.89. The van der Waals surface area contributed by atoms with Crippen molar-refractivity contribution < 1.29 is 0 Å². The van der Waals surface area contributed by atoms with Crippen LogP contribution in [0.15, 0.2) is 27.9 Å². The molecule has 0 aromatic carbocycles. The van der Waals surface area contributed by atoms with Crippen LogP contribution in [0.1, 0.15) is 20.3 Å². The van der Waals surface area contributed by atoms with E-state index in [4.69, 9.17) is 11.8 Å². The van der Waals surface area contributed by atoms with Crippen LogP contribution < -0.4 is 5.32 Å². The van der Waals surface area contributed by atoms with Crippen molar-refractivity contribution in [3.05, 3.63) is 23.4 Å². The van der Waals surface area contributed by atoms with Gasteiger partial charge in [0.1, 0.15) is 0 Å². The lowest BCUT2D eigenvalue weighted by atomic mass is 10.1. The minimum Gasteiger partial charge on any atom is -0.345 e. The third kappa shape index (κ3) is 1.63. The van der Waals surface area contributed by atoms with E-state index in [0.29, 0.717) is 0 Å². The van der Waals surface area contributed by atoms with Gasteiger partial charge in [-0.3, -0.25) is 0 Å². The van der Waals surface area contributed by atoms with E-state index in [0.717, 1.165) is 17.8 Å². The highest BCUT2D eigenvalue weighted by Crippen LogP contribution is 2.16. The minimum absolute atomic E-state index is 0.756. The minimum atomic E-state index is 0.756. The van der Waals surface area contributed by atoms with Crippen LogP contribution in [-0.2, 0) is 0 Å². The standard InChI is InChI=1S/C8H11ClN2/c1-3-4-7-6(2)5-10-8(7)11-9/h4-5H,3H2,1-2H3,(H,10,11)/b7-4-. The Morgan fingerprint density at radius 2 is 2.45 bits per heavy atom. The summed E-state index contributed by atoms with van der Waals surface area (Å²) in [5.41, 5.74) is 2.30. The number of nitrogens with zero attached hydrogens (tertiary/aromatic N) is 1. The molecule has 0 bridgehead atoms. The molecule has 0 radical (unpaired) electrons. The Morgan fingerprint density at radius 1 is 1.73 bits per heavy atom. The number of halogens is 1. The van der Waals surface area contributed by atoms with Crippen molar-refractivity contribution >= 4 is 17.6 Å². The van der Waals surface area contributed by atoms with Gasteiger partial charge in [0.15, 0.2) is 5.84 Å². The second-order valence-corrected chi connectivity index (χ2v) is 2.60. The molecule has 1 heterocycles. The Labute approximate surface area is 71.8 Å². The average molecular weight is 171 g/mol. The SMILES string of the molecule is CC/C=C1/C(C)=CN/C1=N/Cl. The summed E-state index contributed by atoms with van der Waals surface area (Å²) < 4.78 is 3.60. The van der Waals surface area contributed by atoms with Crippen molar-refractivity contribution in [2.24, 2.45) is 4.51 Å². The maximum Gasteiger partial charge on any atom is 0.151 e. The summed E-state index contributed by atoms with van der Waals surface area (Å²) in [5, 5.41) is 2.98. The fraction of sp³-hybridized carbons (Fsp3) is 0.375. The van der Waals surface area contributed by atoms with Gasteiger partial charge in [0.05, 0.1) is 0 Å². The first-order valence-electron chi connectivity index (χ1n) is 3.62. The normalized spacial score (nSPS) is 24.1. The summed E-state index contributed by atoms with van der Waals surface area (Å²) in [7, 11) is 0. The summed E-state index contributed by atoms with van der Waals surface area (Å²) in [4.78, 5) is 0. The van der Waals surface area contributed by atoms with Gasteiger partial charge in [0.25, 0.3) is 0 Å². The van der Waals surface area contributed by atoms with E-state index in [2.05, 4.69) is 22.8 Å². The van der Waals surface area contributed by atoms with E-state index in [-0.39, 0.29) is 0 Å². The first-order valence-corrected chi connectivity index (χ1v) is 3.96. The first-order chi connectivity index (χ1) is 5.29. The molecule has 1 N–H and O–H groups in total. The van der Waals surface area contributed by atoms with Crippen LogP contribution in [0, 0.1) is 0 Å². The smallest absolute Gasteiger partial charge is 0.151 e. The van der Waals surface area contributed by atoms with Gasteiger partial charge < -0.3 is 5.32 Å². The third-order valence-electron chi connectivity index (χ3n) is 1.60.